The molecule has 0 saturated carbocycles. The van der Waals surface area contributed by atoms with Crippen molar-refractivity contribution in [1.82, 2.24) is 20.0 Å². The number of ether oxygens (including phenoxy) is 1. The minimum atomic E-state index is -0.139. The van der Waals surface area contributed by atoms with E-state index in [1.807, 2.05) is 13.0 Å². The molecule has 0 aromatic carbocycles. The Balaban J connectivity index is 1.85. The van der Waals surface area contributed by atoms with E-state index in [0.717, 1.165) is 23.7 Å². The molecule has 3 rings (SSSR count). The molecule has 2 aromatic rings. The summed E-state index contributed by atoms with van der Waals surface area (Å²) in [5, 5.41) is 4.03. The molecule has 0 radical (unpaired) electrons. The topological polar surface area (TPSA) is 84.2 Å². The lowest BCUT2D eigenvalue weighted by atomic mass is 10.1. The summed E-state index contributed by atoms with van der Waals surface area (Å²) in [6.07, 6.45) is 0. The average molecular weight is 290 g/mol. The summed E-state index contributed by atoms with van der Waals surface area (Å²) in [6.45, 7) is 6.25. The van der Waals surface area contributed by atoms with E-state index in [1.54, 1.807) is 6.92 Å². The maximum Gasteiger partial charge on any atom is 0.251 e. The maximum absolute atomic E-state index is 11.6. The van der Waals surface area contributed by atoms with Crippen LogP contribution in [0.3, 0.4) is 0 Å². The molecular weight excluding hydrogens is 272 g/mol. The molecule has 7 nitrogen and oxygen atoms in total. The second-order valence-electron chi connectivity index (χ2n) is 5.25. The van der Waals surface area contributed by atoms with Gasteiger partial charge in [0.25, 0.3) is 5.56 Å². The first kappa shape index (κ1) is 14.0. The second-order valence-corrected chi connectivity index (χ2v) is 5.25. The van der Waals surface area contributed by atoms with Gasteiger partial charge in [0.2, 0.25) is 0 Å². The van der Waals surface area contributed by atoms with Crippen LogP contribution in [0.2, 0.25) is 0 Å². The molecule has 7 heteroatoms. The largest absolute Gasteiger partial charge is 0.378 e. The van der Waals surface area contributed by atoms with Crippen molar-refractivity contribution in [3.63, 3.8) is 0 Å². The maximum atomic E-state index is 11.6. The van der Waals surface area contributed by atoms with Gasteiger partial charge in [0.05, 0.1) is 30.6 Å². The lowest BCUT2D eigenvalue weighted by molar-refractivity contribution is -0.0152. The van der Waals surface area contributed by atoms with Crippen LogP contribution in [0.4, 0.5) is 0 Å². The Hall–Kier alpha value is -1.99. The highest BCUT2D eigenvalue weighted by Crippen LogP contribution is 2.23. The van der Waals surface area contributed by atoms with Crippen molar-refractivity contribution in [1.29, 1.82) is 0 Å². The quantitative estimate of drug-likeness (QED) is 0.906. The summed E-state index contributed by atoms with van der Waals surface area (Å²) < 4.78 is 10.7. The van der Waals surface area contributed by atoms with Crippen molar-refractivity contribution < 1.29 is 9.26 Å². The second kappa shape index (κ2) is 5.79. The molecule has 0 bridgehead atoms. The number of aromatic nitrogens is 3. The molecule has 21 heavy (non-hydrogen) atoms. The first-order chi connectivity index (χ1) is 10.1. The van der Waals surface area contributed by atoms with Gasteiger partial charge < -0.3 is 14.2 Å². The first-order valence-corrected chi connectivity index (χ1v) is 6.93. The predicted octanol–water partition coefficient (Wildman–Crippen LogP) is 0.948. The molecule has 1 N–H and O–H groups in total. The fraction of sp³-hybridized carbons (Fsp3) is 0.500. The van der Waals surface area contributed by atoms with E-state index in [2.05, 4.69) is 20.0 Å². The van der Waals surface area contributed by atoms with Crippen LogP contribution in [-0.2, 0) is 11.3 Å². The summed E-state index contributed by atoms with van der Waals surface area (Å²) in [6, 6.07) is 3.41. The smallest absolute Gasteiger partial charge is 0.251 e. The van der Waals surface area contributed by atoms with E-state index in [0.29, 0.717) is 25.6 Å². The Morgan fingerprint density at radius 1 is 1.43 bits per heavy atom. The predicted molar refractivity (Wildman–Crippen MR) is 74.8 cm³/mol. The minimum absolute atomic E-state index is 0.0447. The van der Waals surface area contributed by atoms with E-state index in [-0.39, 0.29) is 11.6 Å². The number of aromatic amines is 1. The number of nitrogens with one attached hydrogen (secondary N) is 1. The third kappa shape index (κ3) is 3.20. The summed E-state index contributed by atoms with van der Waals surface area (Å²) in [7, 11) is 0. The number of H-pyrrole nitrogens is 1. The Morgan fingerprint density at radius 2 is 2.29 bits per heavy atom. The highest BCUT2D eigenvalue weighted by molar-refractivity contribution is 5.11. The van der Waals surface area contributed by atoms with Crippen LogP contribution in [-0.4, -0.2) is 39.8 Å². The number of rotatable bonds is 3. The number of hydrogen-bond acceptors (Lipinski definition) is 6. The molecule has 0 aliphatic carbocycles. The van der Waals surface area contributed by atoms with Gasteiger partial charge in [-0.15, -0.1) is 0 Å². The third-order valence-electron chi connectivity index (χ3n) is 3.50. The van der Waals surface area contributed by atoms with Gasteiger partial charge in [-0.2, -0.15) is 0 Å². The third-order valence-corrected chi connectivity index (χ3v) is 3.50. The summed E-state index contributed by atoms with van der Waals surface area (Å²) in [5.41, 5.74) is 1.47. The van der Waals surface area contributed by atoms with Crippen molar-refractivity contribution in [2.75, 3.05) is 19.8 Å². The first-order valence-electron chi connectivity index (χ1n) is 6.93. The monoisotopic (exact) mass is 290 g/mol. The highest BCUT2D eigenvalue weighted by Gasteiger charge is 2.27. The summed E-state index contributed by atoms with van der Waals surface area (Å²) in [5.74, 6) is 1.40. The lowest BCUT2D eigenvalue weighted by Crippen LogP contribution is -2.40. The van der Waals surface area contributed by atoms with Gasteiger partial charge in [0, 0.05) is 25.2 Å². The average Bonchev–Trinajstić information content (AvgIpc) is 2.83. The number of morpholine rings is 1. The highest BCUT2D eigenvalue weighted by atomic mass is 16.5. The zero-order valence-corrected chi connectivity index (χ0v) is 12.1. The molecule has 2 aromatic heterocycles. The van der Waals surface area contributed by atoms with Crippen molar-refractivity contribution in [2.24, 2.45) is 0 Å². The zero-order chi connectivity index (χ0) is 14.8. The number of aryl methyl sites for hydroxylation is 2. The normalized spacial score (nSPS) is 19.8. The standard InChI is InChI=1S/C14H18N4O3/c1-9-5-11(17-21-9)7-18-3-4-20-8-13(18)12-6-14(19)16-10(2)15-12/h5-6,13H,3-4,7-8H2,1-2H3,(H,15,16,19). The van der Waals surface area contributed by atoms with Crippen LogP contribution in [0.1, 0.15) is 29.0 Å². The fourth-order valence-electron chi connectivity index (χ4n) is 2.57. The minimum Gasteiger partial charge on any atom is -0.378 e. The summed E-state index contributed by atoms with van der Waals surface area (Å²) in [4.78, 5) is 20.9. The van der Waals surface area contributed by atoms with Gasteiger partial charge in [0.1, 0.15) is 11.6 Å². The van der Waals surface area contributed by atoms with Crippen molar-refractivity contribution in [3.8, 4) is 0 Å². The van der Waals surface area contributed by atoms with Crippen LogP contribution >= 0.6 is 0 Å². The molecule has 1 saturated heterocycles. The van der Waals surface area contributed by atoms with Crippen LogP contribution in [0.5, 0.6) is 0 Å². The molecule has 1 aliphatic rings. The van der Waals surface area contributed by atoms with Crippen LogP contribution in [0.15, 0.2) is 21.5 Å². The fourth-order valence-corrected chi connectivity index (χ4v) is 2.57. The molecule has 112 valence electrons. The Labute approximate surface area is 121 Å². The number of nitrogens with zero attached hydrogens (tertiary/aromatic N) is 3. The van der Waals surface area contributed by atoms with E-state index < -0.39 is 0 Å². The van der Waals surface area contributed by atoms with E-state index in [1.165, 1.54) is 6.07 Å². The molecule has 0 spiro atoms. The number of hydrogen-bond donors (Lipinski definition) is 1. The van der Waals surface area contributed by atoms with Crippen LogP contribution < -0.4 is 5.56 Å². The van der Waals surface area contributed by atoms with Gasteiger partial charge in [-0.1, -0.05) is 5.16 Å². The molecule has 0 amide bonds. The van der Waals surface area contributed by atoms with Gasteiger partial charge in [0.15, 0.2) is 0 Å². The lowest BCUT2D eigenvalue weighted by Gasteiger charge is -2.34. The van der Waals surface area contributed by atoms with Gasteiger partial charge in [-0.05, 0) is 13.8 Å². The van der Waals surface area contributed by atoms with E-state index >= 15 is 0 Å². The zero-order valence-electron chi connectivity index (χ0n) is 12.1. The molecule has 1 aliphatic heterocycles. The molecule has 1 unspecified atom stereocenters. The molecule has 1 atom stereocenters. The Morgan fingerprint density at radius 3 is 3.00 bits per heavy atom. The van der Waals surface area contributed by atoms with Gasteiger partial charge >= 0.3 is 0 Å². The summed E-state index contributed by atoms with van der Waals surface area (Å²) >= 11 is 0. The van der Waals surface area contributed by atoms with Gasteiger partial charge in [-0.25, -0.2) is 4.98 Å². The van der Waals surface area contributed by atoms with Crippen molar-refractivity contribution in [2.45, 2.75) is 26.4 Å². The van der Waals surface area contributed by atoms with E-state index in [9.17, 15) is 4.79 Å². The molecular formula is C14H18N4O3. The molecule has 3 heterocycles. The van der Waals surface area contributed by atoms with Gasteiger partial charge in [-0.3, -0.25) is 9.69 Å². The molecule has 1 fully saturated rings. The van der Waals surface area contributed by atoms with Crippen LogP contribution in [0.25, 0.3) is 0 Å². The SMILES string of the molecule is Cc1nc(C2COCCN2Cc2cc(C)on2)cc(=O)[nH]1. The van der Waals surface area contributed by atoms with Crippen molar-refractivity contribution in [3.05, 3.63) is 45.5 Å². The Bertz CT molecular complexity index is 679. The van der Waals surface area contributed by atoms with Crippen molar-refractivity contribution >= 4 is 0 Å². The van der Waals surface area contributed by atoms with E-state index in [4.69, 9.17) is 9.26 Å². The van der Waals surface area contributed by atoms with Crippen LogP contribution in [0, 0.1) is 13.8 Å². The Kier molecular flexibility index (Phi) is 3.85.